The number of thiazole rings is 1. The molecule has 0 spiro atoms. The second kappa shape index (κ2) is 9.00. The van der Waals surface area contributed by atoms with Gasteiger partial charge in [-0.3, -0.25) is 10.1 Å². The molecule has 0 fully saturated rings. The molecule has 1 amide bonds. The molecule has 0 saturated carbocycles. The van der Waals surface area contributed by atoms with Gasteiger partial charge in [0.05, 0.1) is 19.4 Å². The minimum Gasteiger partial charge on any atom is -0.496 e. The average molecular weight is 380 g/mol. The number of aromatic nitrogens is 1. The van der Waals surface area contributed by atoms with Crippen molar-refractivity contribution in [3.8, 4) is 22.8 Å². The number of carbonyl (C=O) groups excluding carboxylic acids is 1. The highest BCUT2D eigenvalue weighted by atomic mass is 32.1. The van der Waals surface area contributed by atoms with Crippen LogP contribution in [0, 0.1) is 0 Å². The molecule has 0 aliphatic rings. The number of rotatable bonds is 7. The molecule has 0 unspecified atom stereocenters. The van der Waals surface area contributed by atoms with Gasteiger partial charge >= 0.3 is 0 Å². The number of benzene rings is 2. The van der Waals surface area contributed by atoms with Gasteiger partial charge < -0.3 is 9.47 Å². The molecule has 0 bridgehead atoms. The van der Waals surface area contributed by atoms with Crippen LogP contribution in [0.1, 0.15) is 12.5 Å². The van der Waals surface area contributed by atoms with E-state index in [9.17, 15) is 4.79 Å². The molecular formula is C21H20N2O3S. The largest absolute Gasteiger partial charge is 0.496 e. The Morgan fingerprint density at radius 1 is 1.19 bits per heavy atom. The van der Waals surface area contributed by atoms with E-state index in [4.69, 9.17) is 9.47 Å². The predicted molar refractivity (Wildman–Crippen MR) is 109 cm³/mol. The Kier molecular flexibility index (Phi) is 6.22. The molecule has 138 valence electrons. The van der Waals surface area contributed by atoms with Crippen molar-refractivity contribution in [2.24, 2.45) is 0 Å². The summed E-state index contributed by atoms with van der Waals surface area (Å²) < 4.78 is 10.7. The Labute approximate surface area is 162 Å². The summed E-state index contributed by atoms with van der Waals surface area (Å²) in [5.41, 5.74) is 2.62. The molecule has 1 N–H and O–H groups in total. The number of para-hydroxylation sites is 1. The third-order valence-corrected chi connectivity index (χ3v) is 4.51. The summed E-state index contributed by atoms with van der Waals surface area (Å²) in [6, 6.07) is 15.2. The van der Waals surface area contributed by atoms with E-state index in [0.29, 0.717) is 17.5 Å². The summed E-state index contributed by atoms with van der Waals surface area (Å²) in [5.74, 6) is 1.30. The first-order valence-electron chi connectivity index (χ1n) is 8.50. The molecule has 0 saturated heterocycles. The van der Waals surface area contributed by atoms with Crippen LogP contribution in [-0.4, -0.2) is 24.6 Å². The summed E-state index contributed by atoms with van der Waals surface area (Å²) in [6.07, 6.45) is 3.19. The Morgan fingerprint density at radius 3 is 2.70 bits per heavy atom. The lowest BCUT2D eigenvalue weighted by Gasteiger charge is -2.03. The molecule has 2 aromatic carbocycles. The Bertz CT molecular complexity index is 933. The Balaban J connectivity index is 1.64. The van der Waals surface area contributed by atoms with Crippen LogP contribution in [0.3, 0.4) is 0 Å². The van der Waals surface area contributed by atoms with Crippen LogP contribution < -0.4 is 14.8 Å². The number of nitrogens with one attached hydrogen (secondary N) is 1. The number of nitrogens with zero attached hydrogens (tertiary/aromatic N) is 1. The highest BCUT2D eigenvalue weighted by Gasteiger charge is 2.07. The van der Waals surface area contributed by atoms with Gasteiger partial charge in [-0.15, -0.1) is 11.3 Å². The van der Waals surface area contributed by atoms with Gasteiger partial charge in [0.2, 0.25) is 5.91 Å². The van der Waals surface area contributed by atoms with Gasteiger partial charge in [-0.1, -0.05) is 18.2 Å². The molecule has 1 heterocycles. The first-order valence-corrected chi connectivity index (χ1v) is 9.38. The average Bonchev–Trinajstić information content (AvgIpc) is 3.16. The Morgan fingerprint density at radius 2 is 1.96 bits per heavy atom. The van der Waals surface area contributed by atoms with E-state index in [0.717, 1.165) is 22.6 Å². The van der Waals surface area contributed by atoms with Crippen molar-refractivity contribution in [2.75, 3.05) is 19.0 Å². The van der Waals surface area contributed by atoms with Crippen molar-refractivity contribution in [3.05, 3.63) is 65.6 Å². The van der Waals surface area contributed by atoms with Crippen LogP contribution in [0.5, 0.6) is 11.5 Å². The van der Waals surface area contributed by atoms with E-state index in [-0.39, 0.29) is 5.91 Å². The van der Waals surface area contributed by atoms with E-state index in [1.54, 1.807) is 13.2 Å². The fourth-order valence-corrected chi connectivity index (χ4v) is 3.19. The topological polar surface area (TPSA) is 60.5 Å². The quantitative estimate of drug-likeness (QED) is 0.594. The number of hydrogen-bond acceptors (Lipinski definition) is 5. The zero-order chi connectivity index (χ0) is 19.1. The zero-order valence-electron chi connectivity index (χ0n) is 15.1. The summed E-state index contributed by atoms with van der Waals surface area (Å²) >= 11 is 1.38. The molecular weight excluding hydrogens is 360 g/mol. The van der Waals surface area contributed by atoms with Gasteiger partial charge in [-0.2, -0.15) is 0 Å². The molecule has 5 nitrogen and oxygen atoms in total. The molecule has 0 radical (unpaired) electrons. The van der Waals surface area contributed by atoms with Gasteiger partial charge in [0.25, 0.3) is 0 Å². The maximum atomic E-state index is 12.2. The zero-order valence-corrected chi connectivity index (χ0v) is 16.0. The van der Waals surface area contributed by atoms with Crippen LogP contribution in [-0.2, 0) is 4.79 Å². The SMILES string of the molecule is CCOc1ccc(-c2csc(NC(=O)C=Cc3ccccc3OC)n2)cc1. The van der Waals surface area contributed by atoms with Gasteiger partial charge in [-0.05, 0) is 43.3 Å². The molecule has 6 heteroatoms. The second-order valence-electron chi connectivity index (χ2n) is 5.56. The van der Waals surface area contributed by atoms with E-state index in [1.165, 1.54) is 17.4 Å². The van der Waals surface area contributed by atoms with E-state index < -0.39 is 0 Å². The van der Waals surface area contributed by atoms with Gasteiger partial charge in [0.15, 0.2) is 5.13 Å². The molecule has 3 rings (SSSR count). The van der Waals surface area contributed by atoms with E-state index in [2.05, 4.69) is 10.3 Å². The molecule has 0 aliphatic carbocycles. The minimum atomic E-state index is -0.242. The van der Waals surface area contributed by atoms with Gasteiger partial charge in [0, 0.05) is 22.6 Å². The van der Waals surface area contributed by atoms with E-state index >= 15 is 0 Å². The predicted octanol–water partition coefficient (Wildman–Crippen LogP) is 4.87. The smallest absolute Gasteiger partial charge is 0.250 e. The highest BCUT2D eigenvalue weighted by molar-refractivity contribution is 7.14. The van der Waals surface area contributed by atoms with Crippen molar-refractivity contribution in [1.82, 2.24) is 4.98 Å². The molecule has 27 heavy (non-hydrogen) atoms. The first-order chi connectivity index (χ1) is 13.2. The maximum absolute atomic E-state index is 12.2. The lowest BCUT2D eigenvalue weighted by atomic mass is 10.2. The van der Waals surface area contributed by atoms with E-state index in [1.807, 2.05) is 60.8 Å². The number of anilines is 1. The second-order valence-corrected chi connectivity index (χ2v) is 6.42. The van der Waals surface area contributed by atoms with Crippen molar-refractivity contribution < 1.29 is 14.3 Å². The molecule has 3 aromatic rings. The standard InChI is InChI=1S/C21H20N2O3S/c1-3-26-17-11-8-15(9-12-17)18-14-27-21(22-18)23-20(24)13-10-16-6-4-5-7-19(16)25-2/h4-14H,3H2,1-2H3,(H,22,23,24). The fourth-order valence-electron chi connectivity index (χ4n) is 2.47. The van der Waals surface area contributed by atoms with Crippen LogP contribution in [0.4, 0.5) is 5.13 Å². The van der Waals surface area contributed by atoms with Crippen molar-refractivity contribution in [3.63, 3.8) is 0 Å². The molecule has 0 atom stereocenters. The number of hydrogen-bond donors (Lipinski definition) is 1. The van der Waals surface area contributed by atoms with Gasteiger partial charge in [-0.25, -0.2) is 4.98 Å². The highest BCUT2D eigenvalue weighted by Crippen LogP contribution is 2.26. The van der Waals surface area contributed by atoms with Crippen molar-refractivity contribution >= 4 is 28.5 Å². The fraction of sp³-hybridized carbons (Fsp3) is 0.143. The number of amides is 1. The van der Waals surface area contributed by atoms with Crippen molar-refractivity contribution in [2.45, 2.75) is 6.92 Å². The third kappa shape index (κ3) is 4.95. The molecule has 0 aliphatic heterocycles. The van der Waals surface area contributed by atoms with Crippen molar-refractivity contribution in [1.29, 1.82) is 0 Å². The summed E-state index contributed by atoms with van der Waals surface area (Å²) in [7, 11) is 1.60. The number of methoxy groups -OCH3 is 1. The summed E-state index contributed by atoms with van der Waals surface area (Å²) in [6.45, 7) is 2.58. The van der Waals surface area contributed by atoms with Crippen LogP contribution in [0.2, 0.25) is 0 Å². The molecule has 1 aromatic heterocycles. The van der Waals surface area contributed by atoms with Crippen LogP contribution >= 0.6 is 11.3 Å². The summed E-state index contributed by atoms with van der Waals surface area (Å²) in [5, 5.41) is 5.25. The van der Waals surface area contributed by atoms with Crippen LogP contribution in [0.25, 0.3) is 17.3 Å². The lowest BCUT2D eigenvalue weighted by Crippen LogP contribution is -2.07. The Hall–Kier alpha value is -3.12. The minimum absolute atomic E-state index is 0.242. The maximum Gasteiger partial charge on any atom is 0.250 e. The monoisotopic (exact) mass is 380 g/mol. The third-order valence-electron chi connectivity index (χ3n) is 3.75. The van der Waals surface area contributed by atoms with Crippen LogP contribution in [0.15, 0.2) is 60.0 Å². The number of ether oxygens (including phenoxy) is 2. The van der Waals surface area contributed by atoms with Gasteiger partial charge in [0.1, 0.15) is 11.5 Å². The number of carbonyl (C=O) groups is 1. The normalized spacial score (nSPS) is 10.7. The first kappa shape index (κ1) is 18.7. The summed E-state index contributed by atoms with van der Waals surface area (Å²) in [4.78, 5) is 16.6. The lowest BCUT2D eigenvalue weighted by molar-refractivity contribution is -0.111.